The summed E-state index contributed by atoms with van der Waals surface area (Å²) in [6.07, 6.45) is -0.731. The molecule has 0 spiro atoms. The fraction of sp³-hybridized carbons (Fsp3) is 0.600. The van der Waals surface area contributed by atoms with Crippen LogP contribution >= 0.6 is 0 Å². The molecule has 2 fully saturated rings. The summed E-state index contributed by atoms with van der Waals surface area (Å²) in [5.74, 6) is -0.900. The van der Waals surface area contributed by atoms with Gasteiger partial charge >= 0.3 is 12.3 Å². The van der Waals surface area contributed by atoms with E-state index in [-0.39, 0.29) is 24.6 Å². The number of oxazole rings is 1. The lowest BCUT2D eigenvalue weighted by atomic mass is 10.1. The zero-order chi connectivity index (χ0) is 26.6. The van der Waals surface area contributed by atoms with Crippen LogP contribution in [-0.4, -0.2) is 72.1 Å². The van der Waals surface area contributed by atoms with Crippen LogP contribution in [0.15, 0.2) is 22.7 Å². The Balaban J connectivity index is 1.41. The van der Waals surface area contributed by atoms with E-state index in [4.69, 9.17) is 9.15 Å². The average molecular weight is 524 g/mol. The van der Waals surface area contributed by atoms with Gasteiger partial charge in [0.15, 0.2) is 5.69 Å². The zero-order valence-corrected chi connectivity index (χ0v) is 21.1. The van der Waals surface area contributed by atoms with Gasteiger partial charge in [-0.15, -0.1) is 0 Å². The number of hydrogen-bond donors (Lipinski definition) is 0. The van der Waals surface area contributed by atoms with Crippen molar-refractivity contribution in [2.45, 2.75) is 58.2 Å². The second-order valence-corrected chi connectivity index (χ2v) is 9.60. The Morgan fingerprint density at radius 1 is 1.00 bits per heavy atom. The van der Waals surface area contributed by atoms with Crippen molar-refractivity contribution in [2.24, 2.45) is 0 Å². The normalized spacial score (nSPS) is 17.2. The van der Waals surface area contributed by atoms with Gasteiger partial charge in [0, 0.05) is 51.9 Å². The molecular formula is C25H32F3N5O4. The van der Waals surface area contributed by atoms with Crippen LogP contribution in [0.2, 0.25) is 0 Å². The van der Waals surface area contributed by atoms with Crippen molar-refractivity contribution in [3.8, 4) is 0 Å². The van der Waals surface area contributed by atoms with Crippen molar-refractivity contribution in [3.05, 3.63) is 35.3 Å². The Kier molecular flexibility index (Phi) is 8.23. The largest absolute Gasteiger partial charge is 0.447 e. The summed E-state index contributed by atoms with van der Waals surface area (Å²) in [5.41, 5.74) is -0.817. The average Bonchev–Trinajstić information content (AvgIpc) is 3.18. The number of hydrogen-bond acceptors (Lipinski definition) is 8. The number of amides is 1. The van der Waals surface area contributed by atoms with Gasteiger partial charge in [-0.1, -0.05) is 6.07 Å². The summed E-state index contributed by atoms with van der Waals surface area (Å²) < 4.78 is 51.5. The molecule has 9 nitrogen and oxygen atoms in total. The number of piperidine rings is 1. The van der Waals surface area contributed by atoms with Gasteiger partial charge in [0.05, 0.1) is 6.10 Å². The molecule has 0 radical (unpaired) electrons. The fourth-order valence-electron chi connectivity index (χ4n) is 4.49. The summed E-state index contributed by atoms with van der Waals surface area (Å²) in [7, 11) is 0. The maximum Gasteiger partial charge on any atom is 0.437 e. The SMILES string of the molecule is CC(C)OC(=O)N1CCCN(c2ccc(CC(=O)c3oc(N4CCCCC4)nc3C(F)(F)F)cn2)CC1. The number of halogens is 3. The molecule has 0 N–H and O–H groups in total. The molecular weight excluding hydrogens is 491 g/mol. The van der Waals surface area contributed by atoms with Gasteiger partial charge in [-0.3, -0.25) is 4.79 Å². The van der Waals surface area contributed by atoms with Crippen molar-refractivity contribution < 1.29 is 31.9 Å². The Hall–Kier alpha value is -3.31. The number of nitrogens with zero attached hydrogens (tertiary/aromatic N) is 5. The number of carbonyl (C=O) groups excluding carboxylic acids is 2. The molecule has 0 aliphatic carbocycles. The molecule has 2 aliphatic heterocycles. The van der Waals surface area contributed by atoms with E-state index >= 15 is 0 Å². The van der Waals surface area contributed by atoms with Crippen molar-refractivity contribution in [2.75, 3.05) is 49.1 Å². The summed E-state index contributed by atoms with van der Waals surface area (Å²) >= 11 is 0. The van der Waals surface area contributed by atoms with Crippen LogP contribution in [0.3, 0.4) is 0 Å². The van der Waals surface area contributed by atoms with Crippen LogP contribution in [0.1, 0.15) is 61.3 Å². The quantitative estimate of drug-likeness (QED) is 0.509. The van der Waals surface area contributed by atoms with Gasteiger partial charge in [-0.2, -0.15) is 18.2 Å². The smallest absolute Gasteiger partial charge is 0.437 e. The summed E-state index contributed by atoms with van der Waals surface area (Å²) in [6.45, 7) is 7.00. The summed E-state index contributed by atoms with van der Waals surface area (Å²) in [5, 5.41) is 0. The van der Waals surface area contributed by atoms with Crippen LogP contribution in [-0.2, 0) is 17.3 Å². The highest BCUT2D eigenvalue weighted by Crippen LogP contribution is 2.35. The fourth-order valence-corrected chi connectivity index (χ4v) is 4.49. The molecule has 4 rings (SSSR count). The lowest BCUT2D eigenvalue weighted by Gasteiger charge is -2.24. The second-order valence-electron chi connectivity index (χ2n) is 9.60. The maximum atomic E-state index is 13.6. The summed E-state index contributed by atoms with van der Waals surface area (Å²) in [6, 6.07) is 3.25. The molecule has 2 saturated heterocycles. The second kappa shape index (κ2) is 11.4. The van der Waals surface area contributed by atoms with Crippen LogP contribution in [0.5, 0.6) is 0 Å². The highest BCUT2D eigenvalue weighted by molar-refractivity contribution is 5.96. The minimum atomic E-state index is -4.80. The first kappa shape index (κ1) is 26.7. The highest BCUT2D eigenvalue weighted by atomic mass is 19.4. The monoisotopic (exact) mass is 523 g/mol. The van der Waals surface area contributed by atoms with Gasteiger partial charge in [0.2, 0.25) is 11.5 Å². The molecule has 12 heteroatoms. The van der Waals surface area contributed by atoms with E-state index in [2.05, 4.69) is 9.97 Å². The third-order valence-corrected chi connectivity index (χ3v) is 6.35. The van der Waals surface area contributed by atoms with Gasteiger partial charge in [-0.25, -0.2) is 9.78 Å². The van der Waals surface area contributed by atoms with E-state index in [1.54, 1.807) is 35.8 Å². The molecule has 0 unspecified atom stereocenters. The molecule has 37 heavy (non-hydrogen) atoms. The van der Waals surface area contributed by atoms with Crippen molar-refractivity contribution in [1.29, 1.82) is 0 Å². The van der Waals surface area contributed by atoms with E-state index < -0.39 is 23.4 Å². The highest BCUT2D eigenvalue weighted by Gasteiger charge is 2.41. The Morgan fingerprint density at radius 2 is 1.73 bits per heavy atom. The molecule has 0 atom stereocenters. The predicted molar refractivity (Wildman–Crippen MR) is 130 cm³/mol. The van der Waals surface area contributed by atoms with Gasteiger partial charge in [0.25, 0.3) is 6.01 Å². The number of ether oxygens (including phenoxy) is 1. The minimum absolute atomic E-state index is 0.156. The number of rotatable bonds is 6. The number of ketones is 1. The number of aromatic nitrogens is 2. The molecule has 202 valence electrons. The van der Waals surface area contributed by atoms with Crippen LogP contribution in [0.4, 0.5) is 29.8 Å². The molecule has 0 bridgehead atoms. The molecule has 2 aliphatic rings. The number of carbonyl (C=O) groups is 2. The lowest BCUT2D eigenvalue weighted by Crippen LogP contribution is -2.36. The van der Waals surface area contributed by atoms with E-state index in [9.17, 15) is 22.8 Å². The molecule has 2 aromatic heterocycles. The Labute approximate surface area is 213 Å². The number of alkyl halides is 3. The lowest BCUT2D eigenvalue weighted by molar-refractivity contribution is -0.141. The molecule has 0 aromatic carbocycles. The molecule has 4 heterocycles. The maximum absolute atomic E-state index is 13.6. The Morgan fingerprint density at radius 3 is 2.38 bits per heavy atom. The van der Waals surface area contributed by atoms with Gasteiger partial charge in [-0.05, 0) is 51.2 Å². The standard InChI is InChI=1S/C25H32F3N5O4/c1-17(2)36-24(35)33-12-6-11-31(13-14-33)20-8-7-18(16-29-20)15-19(34)21-22(25(26,27)28)30-23(37-21)32-9-4-3-5-10-32/h7-8,16-17H,3-6,9-15H2,1-2H3. The van der Waals surface area contributed by atoms with Gasteiger partial charge < -0.3 is 23.9 Å². The van der Waals surface area contributed by atoms with Crippen molar-refractivity contribution in [1.82, 2.24) is 14.9 Å². The van der Waals surface area contributed by atoms with Crippen LogP contribution < -0.4 is 9.80 Å². The minimum Gasteiger partial charge on any atom is -0.447 e. The van der Waals surface area contributed by atoms with E-state index in [1.807, 2.05) is 4.90 Å². The van der Waals surface area contributed by atoms with E-state index in [0.29, 0.717) is 50.6 Å². The topological polar surface area (TPSA) is 92.0 Å². The number of Topliss-reactive ketones (excluding diaryl/α,β-unsaturated/α-hetero) is 1. The van der Waals surface area contributed by atoms with Gasteiger partial charge in [0.1, 0.15) is 5.82 Å². The van der Waals surface area contributed by atoms with Crippen molar-refractivity contribution in [3.63, 3.8) is 0 Å². The first-order chi connectivity index (χ1) is 17.6. The van der Waals surface area contributed by atoms with Crippen LogP contribution in [0.25, 0.3) is 0 Å². The van der Waals surface area contributed by atoms with Crippen LogP contribution in [0, 0.1) is 0 Å². The van der Waals surface area contributed by atoms with E-state index in [0.717, 1.165) is 25.7 Å². The number of pyridine rings is 1. The van der Waals surface area contributed by atoms with Crippen molar-refractivity contribution >= 4 is 23.7 Å². The number of anilines is 2. The first-order valence-electron chi connectivity index (χ1n) is 12.6. The first-order valence-corrected chi connectivity index (χ1v) is 12.6. The molecule has 2 aromatic rings. The van der Waals surface area contributed by atoms with E-state index in [1.165, 1.54) is 6.20 Å². The zero-order valence-electron chi connectivity index (χ0n) is 21.1. The third kappa shape index (κ3) is 6.72. The molecule has 1 amide bonds. The molecule has 0 saturated carbocycles. The predicted octanol–water partition coefficient (Wildman–Crippen LogP) is 4.56. The summed E-state index contributed by atoms with van der Waals surface area (Å²) in [4.78, 5) is 38.4. The Bertz CT molecular complexity index is 1080. The third-order valence-electron chi connectivity index (χ3n) is 6.35.